The lowest BCUT2D eigenvalue weighted by atomic mass is 10.1. The smallest absolute Gasteiger partial charge is 0.350 e. The fourth-order valence-electron chi connectivity index (χ4n) is 1.77. The summed E-state index contributed by atoms with van der Waals surface area (Å²) in [6.45, 7) is 0. The molecule has 2 aromatic rings. The van der Waals surface area contributed by atoms with Gasteiger partial charge in [-0.15, -0.1) is 11.3 Å². The van der Waals surface area contributed by atoms with Gasteiger partial charge in [-0.2, -0.15) is 13.2 Å². The molecule has 0 amide bonds. The number of nitrogens with zero attached hydrogens (tertiary/aromatic N) is 1. The van der Waals surface area contributed by atoms with Crippen LogP contribution < -0.4 is 0 Å². The molecule has 0 saturated heterocycles. The van der Waals surface area contributed by atoms with E-state index in [1.807, 2.05) is 0 Å². The van der Waals surface area contributed by atoms with Crippen molar-refractivity contribution in [3.05, 3.63) is 40.7 Å². The molecule has 1 aromatic heterocycles. The Morgan fingerprint density at radius 1 is 1.19 bits per heavy atom. The van der Waals surface area contributed by atoms with Crippen molar-refractivity contribution in [2.75, 3.05) is 14.2 Å². The molecule has 0 spiro atoms. The third-order valence-corrected chi connectivity index (χ3v) is 3.62. The molecule has 0 atom stereocenters. The zero-order valence-corrected chi connectivity index (χ0v) is 11.9. The van der Waals surface area contributed by atoms with Gasteiger partial charge in [-0.3, -0.25) is 0 Å². The predicted molar refractivity (Wildman–Crippen MR) is 69.3 cm³/mol. The Kier molecular flexibility index (Phi) is 4.60. The van der Waals surface area contributed by atoms with Gasteiger partial charge in [0.05, 0.1) is 5.56 Å². The lowest BCUT2D eigenvalue weighted by Crippen LogP contribution is -2.08. The van der Waals surface area contributed by atoms with Crippen molar-refractivity contribution < 1.29 is 27.0 Å². The Morgan fingerprint density at radius 3 is 2.43 bits per heavy atom. The number of rotatable bonds is 4. The van der Waals surface area contributed by atoms with Crippen molar-refractivity contribution in [1.82, 2.24) is 4.98 Å². The number of alkyl halides is 3. The standard InChI is InChI=1S/C13H11F4NO2S/c1-19-12(20-2)9-6-21-11(18-9)7-4-3-5-8(10(7)14)13(15,16)17/h3-6,12H,1-2H3. The maximum atomic E-state index is 14.0. The summed E-state index contributed by atoms with van der Waals surface area (Å²) in [5.41, 5.74) is -1.14. The summed E-state index contributed by atoms with van der Waals surface area (Å²) in [5.74, 6) is -1.34. The molecule has 0 aliphatic heterocycles. The van der Waals surface area contributed by atoms with Crippen LogP contribution in [0.4, 0.5) is 17.6 Å². The van der Waals surface area contributed by atoms with Gasteiger partial charge in [0.1, 0.15) is 16.5 Å². The molecule has 114 valence electrons. The zero-order chi connectivity index (χ0) is 15.6. The monoisotopic (exact) mass is 321 g/mol. The maximum absolute atomic E-state index is 14.0. The number of benzene rings is 1. The summed E-state index contributed by atoms with van der Waals surface area (Å²) >= 11 is 1.02. The summed E-state index contributed by atoms with van der Waals surface area (Å²) in [5, 5.41) is 1.68. The number of ether oxygens (including phenoxy) is 2. The molecule has 0 unspecified atom stereocenters. The number of methoxy groups -OCH3 is 2. The number of halogens is 4. The van der Waals surface area contributed by atoms with E-state index in [9.17, 15) is 17.6 Å². The molecule has 1 heterocycles. The second kappa shape index (κ2) is 6.08. The van der Waals surface area contributed by atoms with Gasteiger partial charge in [0.2, 0.25) is 6.29 Å². The van der Waals surface area contributed by atoms with E-state index < -0.39 is 23.8 Å². The number of hydrogen-bond acceptors (Lipinski definition) is 4. The minimum Gasteiger partial charge on any atom is -0.350 e. The molecule has 0 fully saturated rings. The molecule has 3 nitrogen and oxygen atoms in total. The van der Waals surface area contributed by atoms with Crippen LogP contribution in [0.2, 0.25) is 0 Å². The van der Waals surface area contributed by atoms with Crippen LogP contribution >= 0.6 is 11.3 Å². The number of aromatic nitrogens is 1. The predicted octanol–water partition coefficient (Wildman–Crippen LogP) is 4.26. The van der Waals surface area contributed by atoms with Gasteiger partial charge >= 0.3 is 6.18 Å². The third kappa shape index (κ3) is 3.22. The second-order valence-corrected chi connectivity index (χ2v) is 4.90. The zero-order valence-electron chi connectivity index (χ0n) is 11.1. The molecule has 0 aliphatic rings. The van der Waals surface area contributed by atoms with E-state index in [0.29, 0.717) is 11.8 Å². The highest BCUT2D eigenvalue weighted by Crippen LogP contribution is 2.36. The molecule has 0 radical (unpaired) electrons. The Labute approximate surface area is 122 Å². The van der Waals surface area contributed by atoms with Gasteiger partial charge in [0, 0.05) is 25.2 Å². The summed E-state index contributed by atoms with van der Waals surface area (Å²) in [6.07, 6.45) is -5.49. The van der Waals surface area contributed by atoms with Crippen molar-refractivity contribution in [3.8, 4) is 10.6 Å². The fraction of sp³-hybridized carbons (Fsp3) is 0.308. The average molecular weight is 321 g/mol. The molecular weight excluding hydrogens is 310 g/mol. The summed E-state index contributed by atoms with van der Waals surface area (Å²) in [7, 11) is 2.80. The number of hydrogen-bond donors (Lipinski definition) is 0. The van der Waals surface area contributed by atoms with Gasteiger partial charge in [-0.1, -0.05) is 6.07 Å². The van der Waals surface area contributed by atoms with Gasteiger partial charge in [0.15, 0.2) is 0 Å². The summed E-state index contributed by atoms with van der Waals surface area (Å²) in [4.78, 5) is 4.07. The first kappa shape index (κ1) is 15.9. The molecule has 0 N–H and O–H groups in total. The normalized spacial score (nSPS) is 12.1. The van der Waals surface area contributed by atoms with E-state index in [1.165, 1.54) is 20.3 Å². The van der Waals surface area contributed by atoms with Crippen molar-refractivity contribution in [2.24, 2.45) is 0 Å². The molecule has 21 heavy (non-hydrogen) atoms. The maximum Gasteiger partial charge on any atom is 0.419 e. The highest BCUT2D eigenvalue weighted by molar-refractivity contribution is 7.13. The van der Waals surface area contributed by atoms with Gasteiger partial charge in [0.25, 0.3) is 0 Å². The molecule has 0 bridgehead atoms. The minimum atomic E-state index is -4.75. The topological polar surface area (TPSA) is 31.4 Å². The van der Waals surface area contributed by atoms with E-state index >= 15 is 0 Å². The Hall–Kier alpha value is -1.51. The van der Waals surface area contributed by atoms with Gasteiger partial charge < -0.3 is 9.47 Å². The van der Waals surface area contributed by atoms with Crippen LogP contribution in [0.5, 0.6) is 0 Å². The Morgan fingerprint density at radius 2 is 1.86 bits per heavy atom. The molecule has 0 saturated carbocycles. The quantitative estimate of drug-likeness (QED) is 0.623. The van der Waals surface area contributed by atoms with Crippen LogP contribution in [0, 0.1) is 5.82 Å². The first-order chi connectivity index (χ1) is 9.88. The minimum absolute atomic E-state index is 0.132. The van der Waals surface area contributed by atoms with Crippen molar-refractivity contribution in [3.63, 3.8) is 0 Å². The summed E-state index contributed by atoms with van der Waals surface area (Å²) in [6, 6.07) is 3.09. The van der Waals surface area contributed by atoms with Crippen LogP contribution in [0.3, 0.4) is 0 Å². The molecule has 1 aromatic carbocycles. The highest BCUT2D eigenvalue weighted by Gasteiger charge is 2.35. The van der Waals surface area contributed by atoms with Crippen molar-refractivity contribution >= 4 is 11.3 Å². The van der Waals surface area contributed by atoms with Crippen molar-refractivity contribution in [1.29, 1.82) is 0 Å². The highest BCUT2D eigenvalue weighted by atomic mass is 32.1. The second-order valence-electron chi connectivity index (χ2n) is 4.05. The average Bonchev–Trinajstić information content (AvgIpc) is 2.88. The van der Waals surface area contributed by atoms with E-state index in [-0.39, 0.29) is 10.6 Å². The van der Waals surface area contributed by atoms with Crippen molar-refractivity contribution in [2.45, 2.75) is 12.5 Å². The van der Waals surface area contributed by atoms with Crippen LogP contribution in [0.15, 0.2) is 23.6 Å². The molecular formula is C13H11F4NO2S. The largest absolute Gasteiger partial charge is 0.419 e. The molecule has 8 heteroatoms. The Balaban J connectivity index is 2.44. The number of thiazole rings is 1. The van der Waals surface area contributed by atoms with E-state index in [1.54, 1.807) is 5.38 Å². The van der Waals surface area contributed by atoms with Crippen LogP contribution in [0.25, 0.3) is 10.6 Å². The fourth-order valence-corrected chi connectivity index (χ4v) is 2.61. The van der Waals surface area contributed by atoms with Crippen LogP contribution in [-0.2, 0) is 15.7 Å². The van der Waals surface area contributed by atoms with E-state index in [2.05, 4.69) is 4.98 Å². The molecule has 2 rings (SSSR count). The van der Waals surface area contributed by atoms with Gasteiger partial charge in [-0.05, 0) is 12.1 Å². The Bertz CT molecular complexity index is 623. The lowest BCUT2D eigenvalue weighted by Gasteiger charge is -2.10. The summed E-state index contributed by atoms with van der Waals surface area (Å²) < 4.78 is 62.1. The molecule has 0 aliphatic carbocycles. The van der Waals surface area contributed by atoms with E-state index in [0.717, 1.165) is 17.4 Å². The first-order valence-corrected chi connectivity index (χ1v) is 6.63. The van der Waals surface area contributed by atoms with Gasteiger partial charge in [-0.25, -0.2) is 9.37 Å². The van der Waals surface area contributed by atoms with E-state index in [4.69, 9.17) is 9.47 Å². The first-order valence-electron chi connectivity index (χ1n) is 5.75. The van der Waals surface area contributed by atoms with Crippen LogP contribution in [0.1, 0.15) is 17.5 Å². The lowest BCUT2D eigenvalue weighted by molar-refractivity contribution is -0.139. The SMILES string of the molecule is COC(OC)c1csc(-c2cccc(C(F)(F)F)c2F)n1. The van der Waals surface area contributed by atoms with Crippen LogP contribution in [-0.4, -0.2) is 19.2 Å². The third-order valence-electron chi connectivity index (χ3n) is 2.73.